The molecule has 0 radical (unpaired) electrons. The zero-order valence-electron chi connectivity index (χ0n) is 12.3. The Bertz CT molecular complexity index is 658. The smallest absolute Gasteiger partial charge is 0.138 e. The lowest BCUT2D eigenvalue weighted by atomic mass is 10.1. The molecule has 0 atom stereocenters. The maximum Gasteiger partial charge on any atom is 0.138 e. The van der Waals surface area contributed by atoms with Crippen molar-refractivity contribution in [1.82, 2.24) is 9.78 Å². The minimum absolute atomic E-state index is 0.365. The molecule has 3 N–H and O–H groups in total. The van der Waals surface area contributed by atoms with Crippen LogP contribution in [0, 0.1) is 13.8 Å². The Kier molecular flexibility index (Phi) is 4.09. The van der Waals surface area contributed by atoms with Crippen molar-refractivity contribution in [3.8, 4) is 0 Å². The van der Waals surface area contributed by atoms with Crippen LogP contribution in [0.3, 0.4) is 0 Å². The van der Waals surface area contributed by atoms with E-state index in [0.717, 1.165) is 29.2 Å². The maximum absolute atomic E-state index is 5.83. The Balaban J connectivity index is 2.53. The number of nitrogens with one attached hydrogen (secondary N) is 1. The van der Waals surface area contributed by atoms with E-state index in [-0.39, 0.29) is 0 Å². The van der Waals surface area contributed by atoms with Crippen molar-refractivity contribution in [2.75, 3.05) is 5.32 Å². The van der Waals surface area contributed by atoms with Crippen LogP contribution in [0.5, 0.6) is 0 Å². The van der Waals surface area contributed by atoms with Gasteiger partial charge in [-0.15, -0.1) is 0 Å². The first-order valence-corrected chi connectivity index (χ1v) is 7.05. The van der Waals surface area contributed by atoms with Crippen LogP contribution in [0.1, 0.15) is 29.3 Å². The summed E-state index contributed by atoms with van der Waals surface area (Å²) in [5.74, 6) is 0.846. The molecule has 1 aromatic heterocycles. The molecule has 4 nitrogen and oxygen atoms in total. The summed E-state index contributed by atoms with van der Waals surface area (Å²) in [4.78, 5) is 0.365. The lowest BCUT2D eigenvalue weighted by Crippen LogP contribution is -2.13. The highest BCUT2D eigenvalue weighted by atomic mass is 32.1. The molecule has 20 heavy (non-hydrogen) atoms. The summed E-state index contributed by atoms with van der Waals surface area (Å²) in [7, 11) is 1.89. The third-order valence-electron chi connectivity index (χ3n) is 3.45. The van der Waals surface area contributed by atoms with Gasteiger partial charge in [0.25, 0.3) is 0 Å². The fraction of sp³-hybridized carbons (Fsp3) is 0.333. The third-order valence-corrected chi connectivity index (χ3v) is 3.66. The molecule has 1 aromatic carbocycles. The summed E-state index contributed by atoms with van der Waals surface area (Å²) in [6.45, 7) is 6.15. The average Bonchev–Trinajstić information content (AvgIpc) is 2.66. The van der Waals surface area contributed by atoms with Crippen LogP contribution in [0.15, 0.2) is 18.2 Å². The molecule has 2 aromatic rings. The standard InChI is InChI=1S/C15H20N4S/c1-5-11-8-6-7-9(2)13(11)17-15-12(14(16)20)10(3)18-19(15)4/h6-8,17H,5H2,1-4H3,(H2,16,20). The topological polar surface area (TPSA) is 55.9 Å². The van der Waals surface area contributed by atoms with Gasteiger partial charge in [0.05, 0.1) is 11.3 Å². The summed E-state index contributed by atoms with van der Waals surface area (Å²) in [5, 5.41) is 7.86. The van der Waals surface area contributed by atoms with Crippen LogP contribution in [-0.2, 0) is 13.5 Å². The predicted octanol–water partition coefficient (Wildman–Crippen LogP) is 2.98. The van der Waals surface area contributed by atoms with Gasteiger partial charge in [0.1, 0.15) is 10.8 Å². The lowest BCUT2D eigenvalue weighted by Gasteiger charge is -2.15. The Morgan fingerprint density at radius 3 is 2.70 bits per heavy atom. The van der Waals surface area contributed by atoms with Crippen LogP contribution in [0.2, 0.25) is 0 Å². The molecule has 5 heteroatoms. The van der Waals surface area contributed by atoms with Gasteiger partial charge in [-0.2, -0.15) is 5.10 Å². The largest absolute Gasteiger partial charge is 0.389 e. The van der Waals surface area contributed by atoms with Crippen molar-refractivity contribution in [2.24, 2.45) is 12.8 Å². The van der Waals surface area contributed by atoms with E-state index in [4.69, 9.17) is 18.0 Å². The van der Waals surface area contributed by atoms with Gasteiger partial charge in [-0.1, -0.05) is 37.3 Å². The highest BCUT2D eigenvalue weighted by molar-refractivity contribution is 7.80. The molecule has 0 amide bonds. The van der Waals surface area contributed by atoms with Crippen molar-refractivity contribution < 1.29 is 0 Å². The molecule has 106 valence electrons. The summed E-state index contributed by atoms with van der Waals surface area (Å²) in [6.07, 6.45) is 0.962. The average molecular weight is 288 g/mol. The first-order chi connectivity index (χ1) is 9.45. The predicted molar refractivity (Wildman–Crippen MR) is 87.7 cm³/mol. The molecule has 0 aliphatic carbocycles. The highest BCUT2D eigenvalue weighted by Gasteiger charge is 2.17. The molecule has 2 rings (SSSR count). The molecule has 0 aliphatic rings. The Hall–Kier alpha value is -1.88. The fourth-order valence-electron chi connectivity index (χ4n) is 2.42. The fourth-order valence-corrected chi connectivity index (χ4v) is 2.66. The van der Waals surface area contributed by atoms with Crippen molar-refractivity contribution >= 4 is 28.7 Å². The second-order valence-corrected chi connectivity index (χ2v) is 5.32. The van der Waals surface area contributed by atoms with E-state index in [9.17, 15) is 0 Å². The number of anilines is 2. The van der Waals surface area contributed by atoms with Gasteiger partial charge in [0, 0.05) is 12.7 Å². The molecule has 0 saturated carbocycles. The van der Waals surface area contributed by atoms with E-state index in [1.54, 1.807) is 4.68 Å². The summed E-state index contributed by atoms with van der Waals surface area (Å²) >= 11 is 5.15. The zero-order chi connectivity index (χ0) is 14.9. The zero-order valence-corrected chi connectivity index (χ0v) is 13.1. The highest BCUT2D eigenvalue weighted by Crippen LogP contribution is 2.28. The van der Waals surface area contributed by atoms with E-state index in [0.29, 0.717) is 4.99 Å². The molecule has 1 heterocycles. The van der Waals surface area contributed by atoms with Crippen molar-refractivity contribution in [3.05, 3.63) is 40.6 Å². The number of aromatic nitrogens is 2. The molecule has 0 bridgehead atoms. The molecule has 0 saturated heterocycles. The van der Waals surface area contributed by atoms with Crippen molar-refractivity contribution in [2.45, 2.75) is 27.2 Å². The first kappa shape index (κ1) is 14.5. The van der Waals surface area contributed by atoms with Crippen LogP contribution in [-0.4, -0.2) is 14.8 Å². The minimum Gasteiger partial charge on any atom is -0.389 e. The Morgan fingerprint density at radius 1 is 1.40 bits per heavy atom. The summed E-state index contributed by atoms with van der Waals surface area (Å²) in [6, 6.07) is 6.28. The van der Waals surface area contributed by atoms with Crippen LogP contribution < -0.4 is 11.1 Å². The summed E-state index contributed by atoms with van der Waals surface area (Å²) in [5.41, 5.74) is 11.0. The normalized spacial score (nSPS) is 10.6. The molecule has 0 spiro atoms. The maximum atomic E-state index is 5.83. The number of para-hydroxylation sites is 1. The lowest BCUT2D eigenvalue weighted by molar-refractivity contribution is 0.764. The van der Waals surface area contributed by atoms with Crippen LogP contribution in [0.4, 0.5) is 11.5 Å². The number of benzene rings is 1. The second kappa shape index (κ2) is 5.63. The minimum atomic E-state index is 0.365. The Labute approximate surface area is 125 Å². The number of rotatable bonds is 4. The number of hydrogen-bond acceptors (Lipinski definition) is 3. The Morgan fingerprint density at radius 2 is 2.10 bits per heavy atom. The van der Waals surface area contributed by atoms with E-state index >= 15 is 0 Å². The van der Waals surface area contributed by atoms with Gasteiger partial charge in [0.15, 0.2) is 0 Å². The van der Waals surface area contributed by atoms with Crippen LogP contribution >= 0.6 is 12.2 Å². The van der Waals surface area contributed by atoms with Gasteiger partial charge >= 0.3 is 0 Å². The van der Waals surface area contributed by atoms with E-state index < -0.39 is 0 Å². The number of nitrogens with zero attached hydrogens (tertiary/aromatic N) is 2. The molecular formula is C15H20N4S. The quantitative estimate of drug-likeness (QED) is 0.849. The number of hydrogen-bond donors (Lipinski definition) is 2. The first-order valence-electron chi connectivity index (χ1n) is 6.64. The number of aryl methyl sites for hydroxylation is 4. The van der Waals surface area contributed by atoms with Crippen molar-refractivity contribution in [3.63, 3.8) is 0 Å². The second-order valence-electron chi connectivity index (χ2n) is 4.88. The van der Waals surface area contributed by atoms with Gasteiger partial charge in [0.2, 0.25) is 0 Å². The van der Waals surface area contributed by atoms with E-state index in [1.165, 1.54) is 11.1 Å². The molecule has 0 aliphatic heterocycles. The van der Waals surface area contributed by atoms with Gasteiger partial charge in [-0.05, 0) is 31.4 Å². The van der Waals surface area contributed by atoms with E-state index in [2.05, 4.69) is 42.5 Å². The molecule has 0 fully saturated rings. The molecular weight excluding hydrogens is 268 g/mol. The van der Waals surface area contributed by atoms with Crippen LogP contribution in [0.25, 0.3) is 0 Å². The van der Waals surface area contributed by atoms with E-state index in [1.807, 2.05) is 14.0 Å². The molecule has 0 unspecified atom stereocenters. The third kappa shape index (κ3) is 2.54. The van der Waals surface area contributed by atoms with Crippen molar-refractivity contribution in [1.29, 1.82) is 0 Å². The van der Waals surface area contributed by atoms with Gasteiger partial charge in [-0.3, -0.25) is 4.68 Å². The number of thiocarbonyl (C=S) groups is 1. The SMILES string of the molecule is CCc1cccc(C)c1Nc1c(C(N)=S)c(C)nn1C. The monoisotopic (exact) mass is 288 g/mol. The van der Waals surface area contributed by atoms with Gasteiger partial charge < -0.3 is 11.1 Å². The summed E-state index contributed by atoms with van der Waals surface area (Å²) < 4.78 is 1.79. The van der Waals surface area contributed by atoms with Gasteiger partial charge in [-0.25, -0.2) is 0 Å². The number of nitrogens with two attached hydrogens (primary N) is 1.